The van der Waals surface area contributed by atoms with Gasteiger partial charge in [0.25, 0.3) is 0 Å². The fourth-order valence-corrected chi connectivity index (χ4v) is 7.15. The molecule has 2 fully saturated rings. The third kappa shape index (κ3) is 13.7. The Hall–Kier alpha value is -2.83. The van der Waals surface area contributed by atoms with Crippen LogP contribution in [-0.4, -0.2) is 127 Å². The van der Waals surface area contributed by atoms with Crippen molar-refractivity contribution in [2.45, 2.75) is 164 Å². The second kappa shape index (κ2) is 22.0. The molecule has 306 valence electrons. The molecule has 15 nitrogen and oxygen atoms in total. The average molecular weight is 768 g/mol. The van der Waals surface area contributed by atoms with Crippen molar-refractivity contribution in [3.8, 4) is 0 Å². The maximum atomic E-state index is 13.0. The van der Waals surface area contributed by atoms with E-state index in [4.69, 9.17) is 24.7 Å². The first kappa shape index (κ1) is 45.6. The summed E-state index contributed by atoms with van der Waals surface area (Å²) in [5.41, 5.74) is 6.00. The molecule has 54 heavy (non-hydrogen) atoms. The van der Waals surface area contributed by atoms with Crippen molar-refractivity contribution in [3.63, 3.8) is 0 Å². The van der Waals surface area contributed by atoms with Crippen molar-refractivity contribution in [2.24, 2.45) is 17.6 Å². The van der Waals surface area contributed by atoms with Gasteiger partial charge in [-0.1, -0.05) is 68.9 Å². The molecule has 0 aromatic carbocycles. The van der Waals surface area contributed by atoms with Crippen LogP contribution in [0.5, 0.6) is 0 Å². The van der Waals surface area contributed by atoms with E-state index < -0.39 is 110 Å². The molecule has 0 spiro atoms. The number of aliphatic hydroxyl groups is 6. The molecule has 3 rings (SSSR count). The molecule has 0 saturated carbocycles. The van der Waals surface area contributed by atoms with Crippen LogP contribution in [0.15, 0.2) is 48.6 Å². The molecular weight excluding hydrogens is 706 g/mol. The van der Waals surface area contributed by atoms with E-state index in [0.717, 1.165) is 6.42 Å². The van der Waals surface area contributed by atoms with E-state index in [0.29, 0.717) is 12.8 Å². The number of carboxylic acid groups (broad SMARTS) is 1. The van der Waals surface area contributed by atoms with E-state index in [-0.39, 0.29) is 44.3 Å². The maximum absolute atomic E-state index is 13.0. The molecule has 2 saturated heterocycles. The molecule has 3 aliphatic rings. The predicted molar refractivity (Wildman–Crippen MR) is 195 cm³/mol. The van der Waals surface area contributed by atoms with Crippen LogP contribution < -0.4 is 5.73 Å². The van der Waals surface area contributed by atoms with Gasteiger partial charge in [-0.2, -0.15) is 0 Å². The number of carboxylic acids is 1. The minimum Gasteiger partial charge on any atom is -0.481 e. The summed E-state index contributed by atoms with van der Waals surface area (Å²) in [4.78, 5) is 38.2. The smallest absolute Gasteiger partial charge is 0.311 e. The zero-order valence-electron chi connectivity index (χ0n) is 31.5. The molecule has 0 aliphatic carbocycles. The quantitative estimate of drug-likeness (QED) is 0.179. The SMILES string of the molecule is CCC[C@@H]1C/C=C/C=C/C=C/C=C/[C@H](O[C@@H]2O[C@H](C)[C@@H](O)[C@H](N)[C@@H]2O)CC2O[C@](O)(C[C@@H](O)CCCC(=O)C[C@@H](O)[C@H](CC)C(=O)O1)C[C@H](O)[C@H]2C(=O)O. The van der Waals surface area contributed by atoms with Gasteiger partial charge in [-0.05, 0) is 32.6 Å². The Morgan fingerprint density at radius 2 is 1.67 bits per heavy atom. The molecule has 0 amide bonds. The summed E-state index contributed by atoms with van der Waals surface area (Å²) >= 11 is 0. The Morgan fingerprint density at radius 3 is 2.33 bits per heavy atom. The molecule has 3 aliphatic heterocycles. The third-order valence-electron chi connectivity index (χ3n) is 10.2. The number of nitrogens with two attached hydrogens (primary N) is 1. The number of esters is 1. The highest BCUT2D eigenvalue weighted by molar-refractivity contribution is 5.80. The molecule has 0 aromatic heterocycles. The number of ketones is 1. The maximum Gasteiger partial charge on any atom is 0.311 e. The van der Waals surface area contributed by atoms with Crippen LogP contribution in [0.25, 0.3) is 0 Å². The molecule has 0 aromatic rings. The van der Waals surface area contributed by atoms with Crippen LogP contribution in [0, 0.1) is 11.8 Å². The number of aliphatic carboxylic acids is 1. The normalized spacial score (nSPS) is 42.3. The van der Waals surface area contributed by atoms with Gasteiger partial charge >= 0.3 is 11.9 Å². The lowest BCUT2D eigenvalue weighted by Gasteiger charge is -2.45. The number of ether oxygens (including phenoxy) is 4. The molecule has 2 bridgehead atoms. The van der Waals surface area contributed by atoms with Gasteiger partial charge in [-0.25, -0.2) is 0 Å². The second-order valence-corrected chi connectivity index (χ2v) is 14.7. The lowest BCUT2D eigenvalue weighted by Crippen LogP contribution is -2.61. The lowest BCUT2D eigenvalue weighted by atomic mass is 9.83. The first-order valence-corrected chi connectivity index (χ1v) is 19.1. The summed E-state index contributed by atoms with van der Waals surface area (Å²) in [6.45, 7) is 5.27. The highest BCUT2D eigenvalue weighted by Gasteiger charge is 2.50. The van der Waals surface area contributed by atoms with Crippen molar-refractivity contribution < 1.29 is 69.1 Å². The van der Waals surface area contributed by atoms with E-state index >= 15 is 0 Å². The lowest BCUT2D eigenvalue weighted by molar-refractivity contribution is -0.308. The first-order chi connectivity index (χ1) is 25.6. The summed E-state index contributed by atoms with van der Waals surface area (Å²) in [5, 5.41) is 75.1. The number of allylic oxidation sites excluding steroid dienone is 6. The first-order valence-electron chi connectivity index (χ1n) is 19.1. The van der Waals surface area contributed by atoms with Crippen LogP contribution in [-0.2, 0) is 33.3 Å². The third-order valence-corrected chi connectivity index (χ3v) is 10.2. The van der Waals surface area contributed by atoms with Gasteiger partial charge in [-0.3, -0.25) is 14.4 Å². The van der Waals surface area contributed by atoms with Gasteiger partial charge in [0.2, 0.25) is 0 Å². The van der Waals surface area contributed by atoms with E-state index in [1.54, 1.807) is 56.4 Å². The van der Waals surface area contributed by atoms with Gasteiger partial charge in [0.15, 0.2) is 12.1 Å². The Bertz CT molecular complexity index is 1320. The summed E-state index contributed by atoms with van der Waals surface area (Å²) in [6, 6.07) is -1.10. The largest absolute Gasteiger partial charge is 0.481 e. The number of cyclic esters (lactones) is 1. The van der Waals surface area contributed by atoms with E-state index in [1.807, 2.05) is 13.0 Å². The fourth-order valence-electron chi connectivity index (χ4n) is 7.15. The topological polar surface area (TPSA) is 256 Å². The highest BCUT2D eigenvalue weighted by Crippen LogP contribution is 2.38. The van der Waals surface area contributed by atoms with Crippen LogP contribution in [0.3, 0.4) is 0 Å². The molecule has 14 atom stereocenters. The van der Waals surface area contributed by atoms with Gasteiger partial charge in [0.05, 0.1) is 54.7 Å². The molecule has 15 heteroatoms. The van der Waals surface area contributed by atoms with Gasteiger partial charge in [0, 0.05) is 38.5 Å². The van der Waals surface area contributed by atoms with Crippen molar-refractivity contribution in [1.82, 2.24) is 0 Å². The monoisotopic (exact) mass is 767 g/mol. The van der Waals surface area contributed by atoms with Crippen LogP contribution >= 0.6 is 0 Å². The summed E-state index contributed by atoms with van der Waals surface area (Å²) in [7, 11) is 0. The number of aliphatic hydroxyl groups excluding tert-OH is 5. The average Bonchev–Trinajstić information content (AvgIpc) is 3.08. The molecule has 9 N–H and O–H groups in total. The number of carbonyl (C=O) groups is 3. The fraction of sp³-hybridized carbons (Fsp3) is 0.718. The Morgan fingerprint density at radius 1 is 0.981 bits per heavy atom. The molecule has 0 radical (unpaired) electrons. The second-order valence-electron chi connectivity index (χ2n) is 14.7. The summed E-state index contributed by atoms with van der Waals surface area (Å²) < 4.78 is 23.4. The number of Topliss-reactive ketones (excluding diaryl/α,β-unsaturated/α-hetero) is 1. The van der Waals surface area contributed by atoms with Crippen LogP contribution in [0.2, 0.25) is 0 Å². The minimum absolute atomic E-state index is 0.0177. The molecule has 1 unspecified atom stereocenters. The minimum atomic E-state index is -2.15. The van der Waals surface area contributed by atoms with E-state index in [9.17, 15) is 50.1 Å². The highest BCUT2D eigenvalue weighted by atomic mass is 16.7. The number of hydrogen-bond donors (Lipinski definition) is 8. The van der Waals surface area contributed by atoms with Crippen molar-refractivity contribution in [3.05, 3.63) is 48.6 Å². The zero-order valence-corrected chi connectivity index (χ0v) is 31.5. The van der Waals surface area contributed by atoms with Gasteiger partial charge < -0.3 is 60.4 Å². The molecular formula is C39H61NO14. The number of hydrogen-bond acceptors (Lipinski definition) is 14. The van der Waals surface area contributed by atoms with Gasteiger partial charge in [0.1, 0.15) is 23.9 Å². The Labute approximate surface area is 317 Å². The zero-order chi connectivity index (χ0) is 40.0. The predicted octanol–water partition coefficient (Wildman–Crippen LogP) is 1.70. The van der Waals surface area contributed by atoms with Crippen molar-refractivity contribution in [1.29, 1.82) is 0 Å². The number of rotatable bonds is 6. The summed E-state index contributed by atoms with van der Waals surface area (Å²) in [5.74, 6) is -6.81. The Kier molecular flexibility index (Phi) is 18.6. The van der Waals surface area contributed by atoms with Crippen molar-refractivity contribution in [2.75, 3.05) is 0 Å². The number of carbonyl (C=O) groups excluding carboxylic acids is 2. The van der Waals surface area contributed by atoms with Gasteiger partial charge in [-0.15, -0.1) is 0 Å². The van der Waals surface area contributed by atoms with E-state index in [1.165, 1.54) is 0 Å². The Balaban J connectivity index is 1.90. The number of fused-ring (bicyclic) bond motifs is 2. The van der Waals surface area contributed by atoms with E-state index in [2.05, 4.69) is 0 Å². The van der Waals surface area contributed by atoms with Crippen molar-refractivity contribution >= 4 is 17.7 Å². The standard InChI is InChI=1S/C39H61NO14/c1-4-14-26-17-11-9-7-6-8-10-12-18-27(53-38-35(46)33(40)34(45)23(3)51-38)20-31-32(36(47)48)30(44)22-39(50,54-31)21-25(42)16-13-15-24(41)19-29(43)28(5-2)37(49)52-26/h6-12,18,23,25-35,38,42-46,50H,4-5,13-17,19-22,40H2,1-3H3,(H,47,48)/b7-6+,10-8+,11-9+,18-12+/t23-,25+,26-,27+,28+,29-,30+,31?,32-,33+,34-,35+,38+,39-/m1/s1. The molecule has 3 heterocycles. The summed E-state index contributed by atoms with van der Waals surface area (Å²) in [6.07, 6.45) is 2.99. The van der Waals surface area contributed by atoms with Crippen LogP contribution in [0.1, 0.15) is 91.4 Å². The van der Waals surface area contributed by atoms with Crippen LogP contribution in [0.4, 0.5) is 0 Å².